The SMILES string of the molecule is CC(=O)CCC(NC(=O)C(CNC(=O)C(CCC(=O)O)NC=O)CC(=O)O)C(=O)NC=C(C(=O)NC(=O)O)C(C)C(C)=O. The molecule has 0 heterocycles. The number of ketones is 2. The van der Waals surface area contributed by atoms with Crippen molar-refractivity contribution >= 4 is 59.6 Å². The summed E-state index contributed by atoms with van der Waals surface area (Å²) in [6.07, 6.45) is -2.91. The van der Waals surface area contributed by atoms with Crippen LogP contribution in [-0.4, -0.2) is 93.6 Å². The summed E-state index contributed by atoms with van der Waals surface area (Å²) in [5, 5.41) is 37.2. The van der Waals surface area contributed by atoms with Crippen molar-refractivity contribution in [1.82, 2.24) is 26.6 Å². The first kappa shape index (κ1) is 37.8. The van der Waals surface area contributed by atoms with E-state index < -0.39 is 96.3 Å². The van der Waals surface area contributed by atoms with Crippen molar-refractivity contribution in [3.8, 4) is 0 Å². The van der Waals surface area contributed by atoms with E-state index in [0.29, 0.717) is 0 Å². The quantitative estimate of drug-likeness (QED) is 0.0547. The van der Waals surface area contributed by atoms with Crippen LogP contribution in [0.15, 0.2) is 11.8 Å². The van der Waals surface area contributed by atoms with Gasteiger partial charge in [0.2, 0.25) is 24.1 Å². The average molecular weight is 614 g/mol. The Morgan fingerprint density at radius 2 is 1.40 bits per heavy atom. The summed E-state index contributed by atoms with van der Waals surface area (Å²) >= 11 is 0. The maximum atomic E-state index is 13.0. The maximum Gasteiger partial charge on any atom is 0.411 e. The van der Waals surface area contributed by atoms with E-state index in [4.69, 9.17) is 10.2 Å². The third-order valence-electron chi connectivity index (χ3n) is 5.89. The summed E-state index contributed by atoms with van der Waals surface area (Å²) in [4.78, 5) is 118. The highest BCUT2D eigenvalue weighted by Crippen LogP contribution is 2.12. The Labute approximate surface area is 245 Å². The highest BCUT2D eigenvalue weighted by molar-refractivity contribution is 6.06. The van der Waals surface area contributed by atoms with Crippen LogP contribution in [0.2, 0.25) is 0 Å². The van der Waals surface area contributed by atoms with E-state index in [2.05, 4.69) is 21.3 Å². The highest BCUT2D eigenvalue weighted by atomic mass is 16.4. The zero-order valence-corrected chi connectivity index (χ0v) is 23.6. The fourth-order valence-corrected chi connectivity index (χ4v) is 3.39. The van der Waals surface area contributed by atoms with Gasteiger partial charge in [0.25, 0.3) is 5.91 Å². The number of carboxylic acid groups (broad SMARTS) is 3. The normalized spacial score (nSPS) is 13.6. The second kappa shape index (κ2) is 19.1. The molecule has 18 nitrogen and oxygen atoms in total. The molecule has 18 heteroatoms. The third kappa shape index (κ3) is 15.4. The molecule has 0 saturated carbocycles. The molecule has 0 aliphatic rings. The number of amides is 6. The van der Waals surface area contributed by atoms with Gasteiger partial charge in [-0.25, -0.2) is 4.79 Å². The van der Waals surface area contributed by atoms with Crippen LogP contribution in [0.1, 0.15) is 52.9 Å². The number of hydrogen-bond acceptors (Lipinski definition) is 10. The summed E-state index contributed by atoms with van der Waals surface area (Å²) in [6, 6.07) is -2.79. The Morgan fingerprint density at radius 1 is 0.791 bits per heavy atom. The van der Waals surface area contributed by atoms with Gasteiger partial charge in [0.15, 0.2) is 0 Å². The van der Waals surface area contributed by atoms with Crippen molar-refractivity contribution in [3.63, 3.8) is 0 Å². The molecular formula is C25H35N5O13. The van der Waals surface area contributed by atoms with E-state index in [1.807, 2.05) is 0 Å². The first-order chi connectivity index (χ1) is 20.0. The van der Waals surface area contributed by atoms with Crippen LogP contribution in [0.25, 0.3) is 0 Å². The van der Waals surface area contributed by atoms with Gasteiger partial charge in [-0.05, 0) is 26.7 Å². The maximum absolute atomic E-state index is 13.0. The Bertz CT molecular complexity index is 1150. The first-order valence-electron chi connectivity index (χ1n) is 12.8. The number of Topliss-reactive ketones (excluding diaryl/α,β-unsaturated/α-hetero) is 2. The van der Waals surface area contributed by atoms with Crippen molar-refractivity contribution in [1.29, 1.82) is 0 Å². The lowest BCUT2D eigenvalue weighted by Gasteiger charge is -2.22. The van der Waals surface area contributed by atoms with Crippen LogP contribution in [0.3, 0.4) is 0 Å². The summed E-state index contributed by atoms with van der Waals surface area (Å²) < 4.78 is 0. The van der Waals surface area contributed by atoms with Crippen molar-refractivity contribution in [3.05, 3.63) is 11.8 Å². The lowest BCUT2D eigenvalue weighted by atomic mass is 9.97. The average Bonchev–Trinajstić information content (AvgIpc) is 2.89. The molecule has 4 atom stereocenters. The molecule has 4 unspecified atom stereocenters. The van der Waals surface area contributed by atoms with E-state index in [-0.39, 0.29) is 31.5 Å². The van der Waals surface area contributed by atoms with Gasteiger partial charge in [0.1, 0.15) is 23.7 Å². The molecule has 43 heavy (non-hydrogen) atoms. The van der Waals surface area contributed by atoms with Crippen LogP contribution in [0.5, 0.6) is 0 Å². The molecule has 0 spiro atoms. The van der Waals surface area contributed by atoms with Gasteiger partial charge in [-0.1, -0.05) is 6.92 Å². The van der Waals surface area contributed by atoms with Crippen LogP contribution in [0, 0.1) is 11.8 Å². The number of nitrogens with one attached hydrogen (secondary N) is 5. The van der Waals surface area contributed by atoms with Gasteiger partial charge < -0.3 is 41.4 Å². The Kier molecular flexibility index (Phi) is 16.8. The van der Waals surface area contributed by atoms with Crippen LogP contribution >= 0.6 is 0 Å². The summed E-state index contributed by atoms with van der Waals surface area (Å²) in [5.74, 6) is -10.4. The van der Waals surface area contributed by atoms with Gasteiger partial charge in [0, 0.05) is 37.1 Å². The van der Waals surface area contributed by atoms with E-state index in [1.54, 1.807) is 0 Å². The minimum absolute atomic E-state index is 0.161. The molecule has 0 rings (SSSR count). The number of carboxylic acids is 2. The second-order valence-corrected chi connectivity index (χ2v) is 9.31. The summed E-state index contributed by atoms with van der Waals surface area (Å²) in [6.45, 7) is 3.00. The van der Waals surface area contributed by atoms with Crippen molar-refractivity contribution < 1.29 is 63.3 Å². The van der Waals surface area contributed by atoms with Gasteiger partial charge in [0.05, 0.1) is 12.3 Å². The van der Waals surface area contributed by atoms with Crippen molar-refractivity contribution in [2.45, 2.75) is 65.0 Å². The molecule has 0 fully saturated rings. The standard InChI is InChI=1S/C25H35N5O13/c1-12(32)4-5-18(24(41)27-10-16(13(2)14(3)33)22(39)30-25(42)43)29-21(38)15(8-20(36)37)9-26-23(40)17(28-11-31)6-7-19(34)35/h10-11,13,15,17-18H,4-9H2,1-3H3,(H,26,40)(H,27,41)(H,28,31)(H,29,38)(H,30,39)(H,34,35)(H,36,37)(H,42,43). The molecule has 0 aliphatic carbocycles. The number of rotatable bonds is 20. The molecule has 238 valence electrons. The van der Waals surface area contributed by atoms with Crippen molar-refractivity contribution in [2.75, 3.05) is 6.54 Å². The fourth-order valence-electron chi connectivity index (χ4n) is 3.39. The van der Waals surface area contributed by atoms with Gasteiger partial charge in [-0.15, -0.1) is 0 Å². The zero-order valence-electron chi connectivity index (χ0n) is 23.6. The fraction of sp³-hybridized carbons (Fsp3) is 0.520. The lowest BCUT2D eigenvalue weighted by Crippen LogP contribution is -2.51. The zero-order chi connectivity index (χ0) is 33.3. The molecule has 0 bridgehead atoms. The minimum Gasteiger partial charge on any atom is -0.481 e. The monoisotopic (exact) mass is 613 g/mol. The predicted octanol–water partition coefficient (Wildman–Crippen LogP) is -1.95. The van der Waals surface area contributed by atoms with Gasteiger partial charge in [-0.2, -0.15) is 0 Å². The number of carbonyl (C=O) groups is 10. The van der Waals surface area contributed by atoms with Crippen LogP contribution < -0.4 is 26.6 Å². The highest BCUT2D eigenvalue weighted by Gasteiger charge is 2.29. The Balaban J connectivity index is 5.92. The van der Waals surface area contributed by atoms with Gasteiger partial charge in [-0.3, -0.25) is 43.7 Å². The van der Waals surface area contributed by atoms with Crippen molar-refractivity contribution in [2.24, 2.45) is 11.8 Å². The summed E-state index contributed by atoms with van der Waals surface area (Å²) in [7, 11) is 0. The van der Waals surface area contributed by atoms with E-state index >= 15 is 0 Å². The molecular weight excluding hydrogens is 578 g/mol. The molecule has 0 aromatic rings. The first-order valence-corrected chi connectivity index (χ1v) is 12.8. The largest absolute Gasteiger partial charge is 0.481 e. The molecule has 0 aromatic carbocycles. The van der Waals surface area contributed by atoms with Crippen LogP contribution in [-0.2, 0) is 43.2 Å². The number of carbonyl (C=O) groups excluding carboxylic acids is 7. The number of aliphatic carboxylic acids is 2. The Morgan fingerprint density at radius 3 is 1.88 bits per heavy atom. The predicted molar refractivity (Wildman–Crippen MR) is 143 cm³/mol. The molecule has 0 aliphatic heterocycles. The summed E-state index contributed by atoms with van der Waals surface area (Å²) in [5.41, 5.74) is -0.437. The molecule has 8 N–H and O–H groups in total. The minimum atomic E-state index is -1.73. The number of imide groups is 1. The second-order valence-electron chi connectivity index (χ2n) is 9.31. The smallest absolute Gasteiger partial charge is 0.411 e. The van der Waals surface area contributed by atoms with E-state index in [0.717, 1.165) is 13.1 Å². The van der Waals surface area contributed by atoms with E-state index in [9.17, 15) is 53.1 Å². The molecule has 6 amide bonds. The van der Waals surface area contributed by atoms with E-state index in [1.165, 1.54) is 19.2 Å². The third-order valence-corrected chi connectivity index (χ3v) is 5.89. The topological polar surface area (TPSA) is 292 Å². The molecule has 0 aromatic heterocycles. The Hall–Kier alpha value is -5.16. The number of hydrogen-bond donors (Lipinski definition) is 8. The van der Waals surface area contributed by atoms with Gasteiger partial charge >= 0.3 is 18.0 Å². The lowest BCUT2D eigenvalue weighted by molar-refractivity contribution is -0.142. The molecule has 0 radical (unpaired) electrons. The molecule has 0 saturated heterocycles. The van der Waals surface area contributed by atoms with Crippen LogP contribution in [0.4, 0.5) is 4.79 Å².